The minimum absolute atomic E-state index is 0.429. The summed E-state index contributed by atoms with van der Waals surface area (Å²) >= 11 is 0.627. The van der Waals surface area contributed by atoms with E-state index >= 15 is 0 Å². The number of benzene rings is 1. The van der Waals surface area contributed by atoms with Gasteiger partial charge in [0.15, 0.2) is 0 Å². The second-order valence-corrected chi connectivity index (χ2v) is 6.11. The lowest BCUT2D eigenvalue weighted by atomic mass is 9.83. The molecule has 1 N–H and O–H groups in total. The molecule has 1 aromatic rings. The molecule has 1 aliphatic carbocycles. The van der Waals surface area contributed by atoms with Crippen LogP contribution in [0.25, 0.3) is 0 Å². The van der Waals surface area contributed by atoms with Gasteiger partial charge >= 0.3 is 0 Å². The minimum Gasteiger partial charge on any atom is -0.381 e. The number of hydrogen-bond acceptors (Lipinski definition) is 2. The molecule has 2 rings (SSSR count). The van der Waals surface area contributed by atoms with Crippen LogP contribution in [-0.2, 0) is 0 Å². The van der Waals surface area contributed by atoms with Gasteiger partial charge in [-0.1, -0.05) is 50.1 Å². The maximum absolute atomic E-state index is 12.6. The van der Waals surface area contributed by atoms with Gasteiger partial charge in [0.05, 0.1) is 0 Å². The van der Waals surface area contributed by atoms with Gasteiger partial charge in [0, 0.05) is 16.6 Å². The summed E-state index contributed by atoms with van der Waals surface area (Å²) in [6.07, 6.45) is 6.08. The maximum atomic E-state index is 12.6. The Morgan fingerprint density at radius 3 is 2.74 bits per heavy atom. The number of para-hydroxylation sites is 1. The van der Waals surface area contributed by atoms with E-state index in [4.69, 9.17) is 0 Å². The van der Waals surface area contributed by atoms with Gasteiger partial charge in [-0.15, -0.1) is 0 Å². The number of nitrogens with one attached hydrogen (secondary N) is 1. The van der Waals surface area contributed by atoms with Gasteiger partial charge in [0.1, 0.15) is 0 Å². The van der Waals surface area contributed by atoms with Crippen LogP contribution < -0.4 is 5.32 Å². The van der Waals surface area contributed by atoms with Crippen LogP contribution in [0.3, 0.4) is 0 Å². The van der Waals surface area contributed by atoms with Crippen molar-refractivity contribution in [2.45, 2.75) is 55.7 Å². The smallest absolute Gasteiger partial charge is 0.288 e. The summed E-state index contributed by atoms with van der Waals surface area (Å²) in [5.74, 6) is -1.70. The SMILES string of the molecule is CCC1CCCCC1Nc1ccccc1SC(F)F. The van der Waals surface area contributed by atoms with E-state index in [0.717, 1.165) is 18.5 Å². The Hall–Kier alpha value is -0.770. The van der Waals surface area contributed by atoms with Crippen molar-refractivity contribution in [2.75, 3.05) is 5.32 Å². The molecular formula is C15H21F2NS. The molecular weight excluding hydrogens is 264 g/mol. The summed E-state index contributed by atoms with van der Waals surface area (Å²) in [7, 11) is 0. The van der Waals surface area contributed by atoms with Crippen LogP contribution in [0.5, 0.6) is 0 Å². The Labute approximate surface area is 118 Å². The molecule has 2 atom stereocenters. The molecule has 1 aliphatic rings. The first kappa shape index (κ1) is 14.6. The molecule has 0 bridgehead atoms. The van der Waals surface area contributed by atoms with Crippen LogP contribution in [0.1, 0.15) is 39.0 Å². The molecule has 0 aromatic heterocycles. The number of hydrogen-bond donors (Lipinski definition) is 1. The predicted octanol–water partition coefficient (Wildman–Crippen LogP) is 5.38. The lowest BCUT2D eigenvalue weighted by molar-refractivity contribution is 0.252. The third-order valence-corrected chi connectivity index (χ3v) is 4.67. The number of halogens is 2. The second kappa shape index (κ2) is 7.13. The average molecular weight is 285 g/mol. The summed E-state index contributed by atoms with van der Waals surface area (Å²) in [6.45, 7) is 2.21. The first-order chi connectivity index (χ1) is 9.20. The highest BCUT2D eigenvalue weighted by Gasteiger charge is 2.24. The van der Waals surface area contributed by atoms with Crippen LogP contribution >= 0.6 is 11.8 Å². The van der Waals surface area contributed by atoms with Gasteiger partial charge in [-0.2, -0.15) is 8.78 Å². The molecule has 0 amide bonds. The fourth-order valence-corrected chi connectivity index (χ4v) is 3.47. The van der Waals surface area contributed by atoms with Gasteiger partial charge in [0.25, 0.3) is 5.76 Å². The van der Waals surface area contributed by atoms with Crippen LogP contribution in [0.2, 0.25) is 0 Å². The van der Waals surface area contributed by atoms with Crippen molar-refractivity contribution < 1.29 is 8.78 Å². The maximum Gasteiger partial charge on any atom is 0.288 e. The van der Waals surface area contributed by atoms with Crippen molar-refractivity contribution in [2.24, 2.45) is 5.92 Å². The second-order valence-electron chi connectivity index (χ2n) is 5.08. The van der Waals surface area contributed by atoms with Gasteiger partial charge in [-0.3, -0.25) is 0 Å². The molecule has 2 unspecified atom stereocenters. The van der Waals surface area contributed by atoms with Gasteiger partial charge < -0.3 is 5.32 Å². The highest BCUT2D eigenvalue weighted by atomic mass is 32.2. The van der Waals surface area contributed by atoms with Crippen LogP contribution in [0.15, 0.2) is 29.2 Å². The van der Waals surface area contributed by atoms with E-state index in [1.807, 2.05) is 18.2 Å². The van der Waals surface area contributed by atoms with Gasteiger partial charge in [-0.25, -0.2) is 0 Å². The number of rotatable bonds is 5. The molecule has 1 fully saturated rings. The zero-order valence-corrected chi connectivity index (χ0v) is 12.1. The fourth-order valence-electron chi connectivity index (χ4n) is 2.87. The van der Waals surface area contributed by atoms with Crippen LogP contribution in [-0.4, -0.2) is 11.8 Å². The molecule has 0 aliphatic heterocycles. The molecule has 1 aromatic carbocycles. The van der Waals surface area contributed by atoms with E-state index in [-0.39, 0.29) is 0 Å². The molecule has 0 spiro atoms. The summed E-state index contributed by atoms with van der Waals surface area (Å²) in [5, 5.41) is 3.50. The first-order valence-corrected chi connectivity index (χ1v) is 7.89. The summed E-state index contributed by atoms with van der Waals surface area (Å²) < 4.78 is 25.1. The summed E-state index contributed by atoms with van der Waals surface area (Å²) in [4.78, 5) is 0.651. The number of anilines is 1. The molecule has 19 heavy (non-hydrogen) atoms. The lowest BCUT2D eigenvalue weighted by Crippen LogP contribution is -2.31. The first-order valence-electron chi connectivity index (χ1n) is 7.01. The lowest BCUT2D eigenvalue weighted by Gasteiger charge is -2.32. The molecule has 0 radical (unpaired) electrons. The van der Waals surface area contributed by atoms with E-state index in [0.29, 0.717) is 28.6 Å². The largest absolute Gasteiger partial charge is 0.381 e. The van der Waals surface area contributed by atoms with Crippen molar-refractivity contribution in [3.63, 3.8) is 0 Å². The minimum atomic E-state index is -2.36. The Morgan fingerprint density at radius 1 is 1.26 bits per heavy atom. The van der Waals surface area contributed by atoms with Crippen molar-refractivity contribution >= 4 is 17.4 Å². The van der Waals surface area contributed by atoms with Gasteiger partial charge in [-0.05, 0) is 30.9 Å². The molecule has 1 nitrogen and oxygen atoms in total. The van der Waals surface area contributed by atoms with Crippen molar-refractivity contribution in [1.29, 1.82) is 0 Å². The molecule has 106 valence electrons. The van der Waals surface area contributed by atoms with Crippen molar-refractivity contribution in [1.82, 2.24) is 0 Å². The topological polar surface area (TPSA) is 12.0 Å². The average Bonchev–Trinajstić information content (AvgIpc) is 2.41. The standard InChI is InChI=1S/C15H21F2NS/c1-2-11-7-3-4-8-12(11)18-13-9-5-6-10-14(13)19-15(16)17/h5-6,9-12,15,18H,2-4,7-8H2,1H3. The zero-order valence-electron chi connectivity index (χ0n) is 11.2. The predicted molar refractivity (Wildman–Crippen MR) is 78.0 cm³/mol. The third-order valence-electron chi connectivity index (χ3n) is 3.88. The highest BCUT2D eigenvalue weighted by molar-refractivity contribution is 7.99. The zero-order chi connectivity index (χ0) is 13.7. The van der Waals surface area contributed by atoms with E-state index in [9.17, 15) is 8.78 Å². The van der Waals surface area contributed by atoms with E-state index in [1.54, 1.807) is 6.07 Å². The molecule has 1 saturated carbocycles. The fraction of sp³-hybridized carbons (Fsp3) is 0.600. The molecule has 4 heteroatoms. The van der Waals surface area contributed by atoms with E-state index < -0.39 is 5.76 Å². The monoisotopic (exact) mass is 285 g/mol. The normalized spacial score (nSPS) is 23.6. The number of alkyl halides is 2. The highest BCUT2D eigenvalue weighted by Crippen LogP contribution is 2.35. The molecule has 0 heterocycles. The summed E-state index contributed by atoms with van der Waals surface area (Å²) in [5.41, 5.74) is 0.859. The number of thioether (sulfide) groups is 1. The van der Waals surface area contributed by atoms with E-state index in [1.165, 1.54) is 19.3 Å². The Bertz CT molecular complexity index is 397. The van der Waals surface area contributed by atoms with Crippen molar-refractivity contribution in [3.8, 4) is 0 Å². The van der Waals surface area contributed by atoms with Crippen LogP contribution in [0.4, 0.5) is 14.5 Å². The Morgan fingerprint density at radius 2 is 2.00 bits per heavy atom. The van der Waals surface area contributed by atoms with E-state index in [2.05, 4.69) is 12.2 Å². The van der Waals surface area contributed by atoms with Crippen LogP contribution in [0, 0.1) is 5.92 Å². The Balaban J connectivity index is 2.08. The summed E-state index contributed by atoms with van der Waals surface area (Å²) in [6, 6.07) is 7.82. The Kier molecular flexibility index (Phi) is 5.49. The third kappa shape index (κ3) is 4.10. The van der Waals surface area contributed by atoms with Gasteiger partial charge in [0.2, 0.25) is 0 Å². The van der Waals surface area contributed by atoms with Crippen molar-refractivity contribution in [3.05, 3.63) is 24.3 Å². The quantitative estimate of drug-likeness (QED) is 0.729. The molecule has 0 saturated heterocycles.